The molecule has 3 heteroatoms. The molecule has 0 bridgehead atoms. The third-order valence-corrected chi connectivity index (χ3v) is 4.22. The van der Waals surface area contributed by atoms with Gasteiger partial charge in [-0.2, -0.15) is 0 Å². The quantitative estimate of drug-likeness (QED) is 0.834. The van der Waals surface area contributed by atoms with Crippen LogP contribution in [0.4, 0.5) is 0 Å². The van der Waals surface area contributed by atoms with Gasteiger partial charge in [-0.1, -0.05) is 26.7 Å². The summed E-state index contributed by atoms with van der Waals surface area (Å²) in [6, 6.07) is 4.97. The topological polar surface area (TPSA) is 21.3 Å². The number of thiophene rings is 1. The molecule has 0 atom stereocenters. The van der Waals surface area contributed by atoms with Crippen LogP contribution in [0, 0.1) is 0 Å². The molecule has 1 aliphatic carbocycles. The van der Waals surface area contributed by atoms with Gasteiger partial charge in [0.15, 0.2) is 0 Å². The first-order chi connectivity index (χ1) is 8.24. The largest absolute Gasteiger partial charge is 0.373 e. The molecule has 0 aromatic carbocycles. The lowest BCUT2D eigenvalue weighted by Crippen LogP contribution is -2.21. The molecular weight excluding hydrogens is 230 g/mol. The van der Waals surface area contributed by atoms with Crippen molar-refractivity contribution in [2.45, 2.75) is 64.8 Å². The second-order valence-corrected chi connectivity index (χ2v) is 6.37. The maximum Gasteiger partial charge on any atom is 0.0813 e. The Morgan fingerprint density at radius 1 is 1.29 bits per heavy atom. The minimum atomic E-state index is 0.523. The first-order valence-electron chi connectivity index (χ1n) is 6.66. The van der Waals surface area contributed by atoms with E-state index in [4.69, 9.17) is 4.74 Å². The molecule has 17 heavy (non-hydrogen) atoms. The summed E-state index contributed by atoms with van der Waals surface area (Å²) in [6.07, 6.45) is 5.73. The maximum atomic E-state index is 5.92. The van der Waals surface area contributed by atoms with Gasteiger partial charge >= 0.3 is 0 Å². The van der Waals surface area contributed by atoms with Crippen LogP contribution in [0.2, 0.25) is 0 Å². The van der Waals surface area contributed by atoms with Gasteiger partial charge in [0, 0.05) is 22.3 Å². The fourth-order valence-electron chi connectivity index (χ4n) is 2.15. The Balaban J connectivity index is 1.73. The van der Waals surface area contributed by atoms with E-state index in [0.717, 1.165) is 13.2 Å². The Hall–Kier alpha value is -0.380. The summed E-state index contributed by atoms with van der Waals surface area (Å²) in [5, 5.41) is 3.44. The van der Waals surface area contributed by atoms with Crippen LogP contribution in [0.1, 0.15) is 49.3 Å². The van der Waals surface area contributed by atoms with Gasteiger partial charge in [-0.05, 0) is 25.0 Å². The molecule has 0 unspecified atom stereocenters. The maximum absolute atomic E-state index is 5.92. The molecule has 0 radical (unpaired) electrons. The van der Waals surface area contributed by atoms with Gasteiger partial charge in [0.25, 0.3) is 0 Å². The molecule has 1 fully saturated rings. The SMILES string of the molecule is CC(C)NCc1ccc(COC2CCCC2)s1. The highest BCUT2D eigenvalue weighted by molar-refractivity contribution is 7.11. The van der Waals surface area contributed by atoms with Gasteiger partial charge in [0.05, 0.1) is 12.7 Å². The van der Waals surface area contributed by atoms with E-state index in [9.17, 15) is 0 Å². The smallest absolute Gasteiger partial charge is 0.0813 e. The Labute approximate surface area is 108 Å². The predicted octanol–water partition coefficient (Wildman–Crippen LogP) is 3.71. The van der Waals surface area contributed by atoms with Crippen LogP contribution in [0.25, 0.3) is 0 Å². The van der Waals surface area contributed by atoms with Crippen LogP contribution in [0.5, 0.6) is 0 Å². The summed E-state index contributed by atoms with van der Waals surface area (Å²) in [6.45, 7) is 6.14. The van der Waals surface area contributed by atoms with Crippen LogP contribution in [-0.4, -0.2) is 12.1 Å². The van der Waals surface area contributed by atoms with Crippen LogP contribution in [0.15, 0.2) is 12.1 Å². The highest BCUT2D eigenvalue weighted by Crippen LogP contribution is 2.24. The van der Waals surface area contributed by atoms with E-state index in [2.05, 4.69) is 31.3 Å². The van der Waals surface area contributed by atoms with Crippen molar-refractivity contribution in [1.29, 1.82) is 0 Å². The second kappa shape index (κ2) is 6.53. The number of hydrogen-bond acceptors (Lipinski definition) is 3. The first-order valence-corrected chi connectivity index (χ1v) is 7.48. The molecule has 96 valence electrons. The van der Waals surface area contributed by atoms with Crippen molar-refractivity contribution < 1.29 is 4.74 Å². The van der Waals surface area contributed by atoms with E-state index < -0.39 is 0 Å². The highest BCUT2D eigenvalue weighted by Gasteiger charge is 2.15. The molecule has 2 rings (SSSR count). The summed E-state index contributed by atoms with van der Waals surface area (Å²) < 4.78 is 5.92. The Morgan fingerprint density at radius 2 is 2.00 bits per heavy atom. The van der Waals surface area contributed by atoms with Crippen molar-refractivity contribution in [3.8, 4) is 0 Å². The van der Waals surface area contributed by atoms with Crippen molar-refractivity contribution in [2.24, 2.45) is 0 Å². The normalized spacial score (nSPS) is 17.1. The van der Waals surface area contributed by atoms with Crippen molar-refractivity contribution >= 4 is 11.3 Å². The van der Waals surface area contributed by atoms with E-state index in [0.29, 0.717) is 12.1 Å². The van der Waals surface area contributed by atoms with Gasteiger partial charge in [-0.25, -0.2) is 0 Å². The summed E-state index contributed by atoms with van der Waals surface area (Å²) in [5.74, 6) is 0. The van der Waals surface area contributed by atoms with Crippen molar-refractivity contribution in [2.75, 3.05) is 0 Å². The summed E-state index contributed by atoms with van der Waals surface area (Å²) in [5.41, 5.74) is 0. The Kier molecular flexibility index (Phi) is 5.01. The lowest BCUT2D eigenvalue weighted by atomic mass is 10.3. The summed E-state index contributed by atoms with van der Waals surface area (Å²) in [4.78, 5) is 2.76. The number of hydrogen-bond donors (Lipinski definition) is 1. The van der Waals surface area contributed by atoms with Crippen molar-refractivity contribution in [3.05, 3.63) is 21.9 Å². The van der Waals surface area contributed by atoms with E-state index in [1.54, 1.807) is 0 Å². The standard InChI is InChI=1S/C14H23NOS/c1-11(2)15-9-13-7-8-14(17-13)10-16-12-5-3-4-6-12/h7-8,11-12,15H,3-6,9-10H2,1-2H3. The molecule has 0 aliphatic heterocycles. The molecule has 1 aromatic heterocycles. The number of ether oxygens (including phenoxy) is 1. The van der Waals surface area contributed by atoms with Crippen LogP contribution in [0.3, 0.4) is 0 Å². The molecular formula is C14H23NOS. The molecule has 1 N–H and O–H groups in total. The fraction of sp³-hybridized carbons (Fsp3) is 0.714. The molecule has 0 saturated heterocycles. The summed E-state index contributed by atoms with van der Waals surface area (Å²) in [7, 11) is 0. The van der Waals surface area contributed by atoms with Crippen LogP contribution < -0.4 is 5.32 Å². The van der Waals surface area contributed by atoms with Crippen molar-refractivity contribution in [1.82, 2.24) is 5.32 Å². The fourth-order valence-corrected chi connectivity index (χ4v) is 3.05. The number of nitrogens with one attached hydrogen (secondary N) is 1. The zero-order valence-corrected chi connectivity index (χ0v) is 11.7. The first kappa shape index (κ1) is 13.1. The third-order valence-electron chi connectivity index (χ3n) is 3.17. The van der Waals surface area contributed by atoms with Crippen LogP contribution in [-0.2, 0) is 17.9 Å². The zero-order chi connectivity index (χ0) is 12.1. The molecule has 2 nitrogen and oxygen atoms in total. The van der Waals surface area contributed by atoms with E-state index in [-0.39, 0.29) is 0 Å². The molecule has 1 heterocycles. The minimum Gasteiger partial charge on any atom is -0.373 e. The van der Waals surface area contributed by atoms with Gasteiger partial charge in [0.1, 0.15) is 0 Å². The van der Waals surface area contributed by atoms with Gasteiger partial charge in [-0.15, -0.1) is 11.3 Å². The predicted molar refractivity (Wildman–Crippen MR) is 73.3 cm³/mol. The molecule has 0 amide bonds. The molecule has 1 aliphatic rings. The van der Waals surface area contributed by atoms with Crippen LogP contribution >= 0.6 is 11.3 Å². The zero-order valence-electron chi connectivity index (χ0n) is 10.9. The molecule has 1 saturated carbocycles. The molecule has 1 aromatic rings. The second-order valence-electron chi connectivity index (χ2n) is 5.12. The average Bonchev–Trinajstić information content (AvgIpc) is 2.95. The van der Waals surface area contributed by atoms with Crippen molar-refractivity contribution in [3.63, 3.8) is 0 Å². The highest BCUT2D eigenvalue weighted by atomic mass is 32.1. The summed E-state index contributed by atoms with van der Waals surface area (Å²) >= 11 is 1.87. The Bertz CT molecular complexity index is 329. The monoisotopic (exact) mass is 253 g/mol. The lowest BCUT2D eigenvalue weighted by molar-refractivity contribution is 0.0473. The van der Waals surface area contributed by atoms with E-state index in [1.807, 2.05) is 11.3 Å². The van der Waals surface area contributed by atoms with Gasteiger partial charge in [0.2, 0.25) is 0 Å². The van der Waals surface area contributed by atoms with Gasteiger partial charge in [-0.3, -0.25) is 0 Å². The average molecular weight is 253 g/mol. The minimum absolute atomic E-state index is 0.523. The third kappa shape index (κ3) is 4.41. The van der Waals surface area contributed by atoms with Gasteiger partial charge < -0.3 is 10.1 Å². The number of rotatable bonds is 6. The lowest BCUT2D eigenvalue weighted by Gasteiger charge is -2.09. The Morgan fingerprint density at radius 3 is 2.71 bits per heavy atom. The van der Waals surface area contributed by atoms with E-state index in [1.165, 1.54) is 35.4 Å². The molecule has 0 spiro atoms. The van der Waals surface area contributed by atoms with E-state index >= 15 is 0 Å².